The van der Waals surface area contributed by atoms with Gasteiger partial charge < -0.3 is 0 Å². The molecule has 4 rings (SSSR count). The lowest BCUT2D eigenvalue weighted by atomic mass is 9.82. The molecule has 0 unspecified atom stereocenters. The average molecular weight is 395 g/mol. The maximum absolute atomic E-state index is 4.78. The quantitative estimate of drug-likeness (QED) is 0.334. The van der Waals surface area contributed by atoms with E-state index in [1.165, 1.54) is 37.2 Å². The van der Waals surface area contributed by atoms with Crippen molar-refractivity contribution in [2.75, 3.05) is 0 Å². The second kappa shape index (κ2) is 6.11. The molecular weight excluding hydrogens is 368 g/mol. The summed E-state index contributed by atoms with van der Waals surface area (Å²) in [6, 6.07) is 4.39. The molecule has 0 aliphatic heterocycles. The van der Waals surface area contributed by atoms with Gasteiger partial charge in [-0.1, -0.05) is 41.5 Å². The van der Waals surface area contributed by atoms with Crippen LogP contribution in [0.1, 0.15) is 58.2 Å². The fraction of sp³-hybridized carbons (Fsp3) is 0.391. The van der Waals surface area contributed by atoms with Crippen LogP contribution in [0.15, 0.2) is 29.9 Å². The molecule has 0 atom stereocenters. The number of nitrogens with zero attached hydrogens (tertiary/aromatic N) is 2. The van der Waals surface area contributed by atoms with Crippen LogP contribution in [0.5, 0.6) is 0 Å². The molecule has 0 spiro atoms. The van der Waals surface area contributed by atoms with Gasteiger partial charge in [-0.05, 0) is 52.0 Å². The largest absolute Gasteiger partial charge is 0.255 e. The van der Waals surface area contributed by atoms with Gasteiger partial charge in [0.1, 0.15) is 4.83 Å². The predicted octanol–water partition coefficient (Wildman–Crippen LogP) is 7.48. The van der Waals surface area contributed by atoms with Gasteiger partial charge in [0.15, 0.2) is 0 Å². The van der Waals surface area contributed by atoms with Crippen molar-refractivity contribution in [1.29, 1.82) is 0 Å². The van der Waals surface area contributed by atoms with E-state index in [-0.39, 0.29) is 10.8 Å². The highest BCUT2D eigenvalue weighted by atomic mass is 32.1. The Morgan fingerprint density at radius 3 is 2.33 bits per heavy atom. The van der Waals surface area contributed by atoms with Crippen LogP contribution in [0.25, 0.3) is 30.9 Å². The molecule has 27 heavy (non-hydrogen) atoms. The number of aromatic nitrogens is 2. The zero-order valence-electron chi connectivity index (χ0n) is 17.1. The first-order chi connectivity index (χ1) is 12.6. The van der Waals surface area contributed by atoms with Crippen LogP contribution in [0, 0.1) is 6.92 Å². The molecule has 0 saturated heterocycles. The van der Waals surface area contributed by atoms with Gasteiger partial charge in [0.2, 0.25) is 0 Å². The van der Waals surface area contributed by atoms with E-state index in [2.05, 4.69) is 72.2 Å². The molecule has 4 aromatic heterocycles. The van der Waals surface area contributed by atoms with Crippen LogP contribution in [0.4, 0.5) is 0 Å². The summed E-state index contributed by atoms with van der Waals surface area (Å²) in [5, 5.41) is 3.43. The fourth-order valence-corrected chi connectivity index (χ4v) is 6.11. The van der Waals surface area contributed by atoms with Crippen LogP contribution in [-0.4, -0.2) is 9.97 Å². The lowest BCUT2D eigenvalue weighted by Gasteiger charge is -2.23. The fourth-order valence-electron chi connectivity index (χ4n) is 3.86. The highest BCUT2D eigenvalue weighted by Gasteiger charge is 2.27. The number of pyridine rings is 2. The summed E-state index contributed by atoms with van der Waals surface area (Å²) in [7, 11) is 0. The zero-order valence-corrected chi connectivity index (χ0v) is 18.7. The van der Waals surface area contributed by atoms with Gasteiger partial charge in [-0.3, -0.25) is 4.98 Å². The number of hydrogen-bond donors (Lipinski definition) is 0. The summed E-state index contributed by atoms with van der Waals surface area (Å²) in [4.78, 5) is 11.9. The van der Waals surface area contributed by atoms with Crippen LogP contribution in [0.3, 0.4) is 0 Å². The van der Waals surface area contributed by atoms with Gasteiger partial charge in [0.05, 0.1) is 10.2 Å². The highest BCUT2D eigenvalue weighted by Crippen LogP contribution is 2.46. The molecule has 0 aliphatic rings. The van der Waals surface area contributed by atoms with Crippen molar-refractivity contribution in [2.45, 2.75) is 59.3 Å². The normalized spacial score (nSPS) is 13.0. The van der Waals surface area contributed by atoms with Crippen molar-refractivity contribution >= 4 is 43.1 Å². The van der Waals surface area contributed by atoms with Gasteiger partial charge in [-0.25, -0.2) is 4.98 Å². The Labute approximate surface area is 169 Å². The number of thiophene rings is 2. The summed E-state index contributed by atoms with van der Waals surface area (Å²) >= 11 is 3.59. The molecule has 0 bridgehead atoms. The molecule has 0 amide bonds. The lowest BCUT2D eigenvalue weighted by Crippen LogP contribution is -2.13. The van der Waals surface area contributed by atoms with Gasteiger partial charge in [0.25, 0.3) is 0 Å². The molecule has 0 aliphatic carbocycles. The Morgan fingerprint density at radius 2 is 1.67 bits per heavy atom. The Bertz CT molecular complexity index is 1150. The van der Waals surface area contributed by atoms with E-state index < -0.39 is 0 Å². The van der Waals surface area contributed by atoms with Gasteiger partial charge in [-0.15, -0.1) is 22.7 Å². The maximum atomic E-state index is 4.78. The van der Waals surface area contributed by atoms with Crippen LogP contribution in [-0.2, 0) is 10.8 Å². The van der Waals surface area contributed by atoms with Crippen LogP contribution in [0.2, 0.25) is 0 Å². The van der Waals surface area contributed by atoms with Gasteiger partial charge >= 0.3 is 0 Å². The van der Waals surface area contributed by atoms with Crippen molar-refractivity contribution in [3.05, 3.63) is 46.6 Å². The molecule has 0 aromatic carbocycles. The van der Waals surface area contributed by atoms with Gasteiger partial charge in [-0.2, -0.15) is 0 Å². The highest BCUT2D eigenvalue weighted by molar-refractivity contribution is 7.22. The minimum atomic E-state index is 0.0422. The molecule has 4 heteroatoms. The van der Waals surface area contributed by atoms with Crippen LogP contribution < -0.4 is 0 Å². The minimum Gasteiger partial charge on any atom is -0.255 e. The van der Waals surface area contributed by atoms with E-state index in [9.17, 15) is 0 Å². The smallest absolute Gasteiger partial charge is 0.123 e. The Hall–Kier alpha value is -1.78. The third-order valence-electron chi connectivity index (χ3n) is 5.10. The topological polar surface area (TPSA) is 25.8 Å². The Morgan fingerprint density at radius 1 is 0.926 bits per heavy atom. The van der Waals surface area contributed by atoms with Crippen molar-refractivity contribution in [1.82, 2.24) is 9.97 Å². The predicted molar refractivity (Wildman–Crippen MR) is 120 cm³/mol. The molecule has 4 aromatic rings. The van der Waals surface area contributed by atoms with E-state index >= 15 is 0 Å². The molecule has 0 N–H and O–H groups in total. The summed E-state index contributed by atoms with van der Waals surface area (Å²) in [6.07, 6.45) is 4.03. The van der Waals surface area contributed by atoms with Gasteiger partial charge in [0, 0.05) is 28.2 Å². The third-order valence-corrected chi connectivity index (χ3v) is 7.27. The van der Waals surface area contributed by atoms with E-state index in [0.717, 1.165) is 10.3 Å². The van der Waals surface area contributed by atoms with Crippen LogP contribution >= 0.6 is 22.7 Å². The molecule has 4 heterocycles. The molecule has 2 nitrogen and oxygen atoms in total. The first-order valence-corrected chi connectivity index (χ1v) is 11.0. The number of rotatable bonds is 1. The summed E-state index contributed by atoms with van der Waals surface area (Å²) in [6.45, 7) is 15.9. The Balaban J connectivity index is 2.08. The minimum absolute atomic E-state index is 0.0422. The number of hydrogen-bond acceptors (Lipinski definition) is 4. The number of fused-ring (bicyclic) bond motifs is 2. The van der Waals surface area contributed by atoms with E-state index in [1.54, 1.807) is 11.3 Å². The molecule has 0 fully saturated rings. The van der Waals surface area contributed by atoms with E-state index in [0.29, 0.717) is 0 Å². The summed E-state index contributed by atoms with van der Waals surface area (Å²) < 4.78 is 1.31. The SMILES string of the molecule is Cc1c(-c2cnc3sccc3c2C(C)(C)C)sc2c(C(C)(C)C)ccnc12. The first-order valence-electron chi connectivity index (χ1n) is 9.34. The van der Waals surface area contributed by atoms with Crippen molar-refractivity contribution in [2.24, 2.45) is 0 Å². The summed E-state index contributed by atoms with van der Waals surface area (Å²) in [5.74, 6) is 0. The monoisotopic (exact) mass is 394 g/mol. The molecule has 140 valence electrons. The van der Waals surface area contributed by atoms with Crippen molar-refractivity contribution < 1.29 is 0 Å². The zero-order chi connectivity index (χ0) is 19.6. The first kappa shape index (κ1) is 18.6. The lowest BCUT2D eigenvalue weighted by molar-refractivity contribution is 0.596. The molecule has 0 radical (unpaired) electrons. The molecule has 0 saturated carbocycles. The molecular formula is C23H26N2S2. The number of aryl methyl sites for hydroxylation is 1. The third kappa shape index (κ3) is 2.99. The van der Waals surface area contributed by atoms with E-state index in [4.69, 9.17) is 9.97 Å². The van der Waals surface area contributed by atoms with E-state index in [1.807, 2.05) is 17.5 Å². The average Bonchev–Trinajstić information content (AvgIpc) is 3.16. The maximum Gasteiger partial charge on any atom is 0.123 e. The second-order valence-electron chi connectivity index (χ2n) is 9.28. The standard InChI is InChI=1S/C23H26N2S2/c1-13-18-20(16(8-10-24-18)22(2,3)4)27-19(13)15-12-25-21-14(9-11-26-21)17(15)23(5,6)7/h8-12H,1-7H3. The second-order valence-corrected chi connectivity index (χ2v) is 11.2. The Kier molecular flexibility index (Phi) is 4.21. The van der Waals surface area contributed by atoms with Crippen molar-refractivity contribution in [3.8, 4) is 10.4 Å². The summed E-state index contributed by atoms with van der Waals surface area (Å²) in [5.41, 5.74) is 6.55. The van der Waals surface area contributed by atoms with Crippen molar-refractivity contribution in [3.63, 3.8) is 0 Å².